The lowest BCUT2D eigenvalue weighted by Gasteiger charge is -2.14. The number of aryl methyl sites for hydroxylation is 1. The number of amides is 1. The third kappa shape index (κ3) is 2.58. The monoisotopic (exact) mass is 257 g/mol. The van der Waals surface area contributed by atoms with Crippen molar-refractivity contribution >= 4 is 28.8 Å². The van der Waals surface area contributed by atoms with Gasteiger partial charge in [-0.1, -0.05) is 6.92 Å². The van der Waals surface area contributed by atoms with E-state index in [0.29, 0.717) is 0 Å². The Morgan fingerprint density at radius 1 is 1.56 bits per heavy atom. The SMILES string of the molecule is CCc1ccc(C(=O)NC2CCCC2Cl)s1. The third-order valence-electron chi connectivity index (χ3n) is 2.98. The zero-order valence-electron chi connectivity index (χ0n) is 9.33. The maximum Gasteiger partial charge on any atom is 0.261 e. The molecule has 0 saturated heterocycles. The van der Waals surface area contributed by atoms with Gasteiger partial charge >= 0.3 is 0 Å². The Bertz CT molecular complexity index is 377. The molecule has 0 aliphatic heterocycles. The van der Waals surface area contributed by atoms with Crippen LogP contribution < -0.4 is 5.32 Å². The first kappa shape index (κ1) is 11.9. The lowest BCUT2D eigenvalue weighted by Crippen LogP contribution is -2.37. The first-order valence-electron chi connectivity index (χ1n) is 5.74. The molecule has 4 heteroatoms. The van der Waals surface area contributed by atoms with E-state index in [2.05, 4.69) is 12.2 Å². The second-order valence-corrected chi connectivity index (χ2v) is 5.88. The lowest BCUT2D eigenvalue weighted by atomic mass is 10.2. The predicted molar refractivity (Wildman–Crippen MR) is 68.4 cm³/mol. The maximum absolute atomic E-state index is 11.9. The van der Waals surface area contributed by atoms with Crippen LogP contribution in [0.2, 0.25) is 0 Å². The molecule has 0 spiro atoms. The van der Waals surface area contributed by atoms with Gasteiger partial charge in [0.25, 0.3) is 5.91 Å². The smallest absolute Gasteiger partial charge is 0.261 e. The molecule has 1 fully saturated rings. The number of carbonyl (C=O) groups excluding carboxylic acids is 1. The van der Waals surface area contributed by atoms with E-state index in [9.17, 15) is 4.79 Å². The Morgan fingerprint density at radius 3 is 2.94 bits per heavy atom. The molecule has 2 atom stereocenters. The van der Waals surface area contributed by atoms with E-state index in [1.807, 2.05) is 12.1 Å². The highest BCUT2D eigenvalue weighted by Crippen LogP contribution is 2.25. The van der Waals surface area contributed by atoms with Crippen LogP contribution in [0, 0.1) is 0 Å². The number of halogens is 1. The average Bonchev–Trinajstić information content (AvgIpc) is 2.88. The fourth-order valence-electron chi connectivity index (χ4n) is 2.01. The summed E-state index contributed by atoms with van der Waals surface area (Å²) in [5.74, 6) is 0.0299. The number of carbonyl (C=O) groups is 1. The minimum Gasteiger partial charge on any atom is -0.347 e. The fraction of sp³-hybridized carbons (Fsp3) is 0.583. The van der Waals surface area contributed by atoms with Gasteiger partial charge in [0.1, 0.15) is 0 Å². The largest absolute Gasteiger partial charge is 0.347 e. The van der Waals surface area contributed by atoms with Crippen LogP contribution in [0.15, 0.2) is 12.1 Å². The lowest BCUT2D eigenvalue weighted by molar-refractivity contribution is 0.0942. The summed E-state index contributed by atoms with van der Waals surface area (Å²) in [6.07, 6.45) is 4.12. The van der Waals surface area contributed by atoms with E-state index in [0.717, 1.165) is 30.6 Å². The number of hydrogen-bond donors (Lipinski definition) is 1. The number of hydrogen-bond acceptors (Lipinski definition) is 2. The van der Waals surface area contributed by atoms with Crippen molar-refractivity contribution in [2.45, 2.75) is 44.0 Å². The van der Waals surface area contributed by atoms with Crippen molar-refractivity contribution in [3.8, 4) is 0 Å². The van der Waals surface area contributed by atoms with Crippen molar-refractivity contribution in [2.24, 2.45) is 0 Å². The van der Waals surface area contributed by atoms with Crippen molar-refractivity contribution in [3.05, 3.63) is 21.9 Å². The van der Waals surface area contributed by atoms with Crippen molar-refractivity contribution < 1.29 is 4.79 Å². The highest BCUT2D eigenvalue weighted by molar-refractivity contribution is 7.14. The highest BCUT2D eigenvalue weighted by atomic mass is 35.5. The van der Waals surface area contributed by atoms with Crippen LogP contribution in [0.5, 0.6) is 0 Å². The van der Waals surface area contributed by atoms with E-state index >= 15 is 0 Å². The van der Waals surface area contributed by atoms with Crippen LogP contribution in [-0.4, -0.2) is 17.3 Å². The quantitative estimate of drug-likeness (QED) is 0.828. The molecule has 0 aromatic carbocycles. The molecule has 1 aliphatic carbocycles. The zero-order chi connectivity index (χ0) is 11.5. The molecular weight excluding hydrogens is 242 g/mol. The predicted octanol–water partition coefficient (Wildman–Crippen LogP) is 3.20. The fourth-order valence-corrected chi connectivity index (χ4v) is 3.20. The Kier molecular flexibility index (Phi) is 3.87. The van der Waals surface area contributed by atoms with Gasteiger partial charge in [-0.3, -0.25) is 4.79 Å². The second kappa shape index (κ2) is 5.19. The number of rotatable bonds is 3. The van der Waals surface area contributed by atoms with Gasteiger partial charge in [-0.15, -0.1) is 22.9 Å². The van der Waals surface area contributed by atoms with Crippen molar-refractivity contribution in [1.82, 2.24) is 5.32 Å². The number of alkyl halides is 1. The molecule has 88 valence electrons. The van der Waals surface area contributed by atoms with Gasteiger partial charge in [-0.05, 0) is 37.8 Å². The molecule has 1 N–H and O–H groups in total. The normalized spacial score (nSPS) is 24.6. The summed E-state index contributed by atoms with van der Waals surface area (Å²) in [6.45, 7) is 2.10. The van der Waals surface area contributed by atoms with Gasteiger partial charge in [-0.2, -0.15) is 0 Å². The molecule has 0 bridgehead atoms. The van der Waals surface area contributed by atoms with Gasteiger partial charge in [0.2, 0.25) is 0 Å². The van der Waals surface area contributed by atoms with Crippen molar-refractivity contribution in [1.29, 1.82) is 0 Å². The molecule has 1 aromatic heterocycles. The summed E-state index contributed by atoms with van der Waals surface area (Å²) in [4.78, 5) is 14.0. The van der Waals surface area contributed by atoms with E-state index in [-0.39, 0.29) is 17.3 Å². The standard InChI is InChI=1S/C12H16ClNOS/c1-2-8-6-7-11(16-8)12(15)14-10-5-3-4-9(10)13/h6-7,9-10H,2-5H2,1H3,(H,14,15). The van der Waals surface area contributed by atoms with Crippen molar-refractivity contribution in [2.75, 3.05) is 0 Å². The van der Waals surface area contributed by atoms with Gasteiger partial charge in [0.05, 0.1) is 10.3 Å². The Balaban J connectivity index is 1.97. The van der Waals surface area contributed by atoms with Gasteiger partial charge < -0.3 is 5.32 Å². The molecule has 2 rings (SSSR count). The van der Waals surface area contributed by atoms with Crippen molar-refractivity contribution in [3.63, 3.8) is 0 Å². The van der Waals surface area contributed by atoms with Gasteiger partial charge in [0.15, 0.2) is 0 Å². The Hall–Kier alpha value is -0.540. The van der Waals surface area contributed by atoms with Crippen LogP contribution in [0.1, 0.15) is 40.7 Å². The molecule has 1 amide bonds. The van der Waals surface area contributed by atoms with E-state index in [4.69, 9.17) is 11.6 Å². The minimum absolute atomic E-state index is 0.0299. The van der Waals surface area contributed by atoms with Gasteiger partial charge in [0, 0.05) is 10.9 Å². The molecule has 0 radical (unpaired) electrons. The van der Waals surface area contributed by atoms with Crippen LogP contribution in [0.25, 0.3) is 0 Å². The summed E-state index contributed by atoms with van der Waals surface area (Å²) in [5, 5.41) is 3.13. The summed E-state index contributed by atoms with van der Waals surface area (Å²) < 4.78 is 0. The average molecular weight is 258 g/mol. The number of nitrogens with one attached hydrogen (secondary N) is 1. The second-order valence-electron chi connectivity index (χ2n) is 4.15. The van der Waals surface area contributed by atoms with Crippen LogP contribution in [0.4, 0.5) is 0 Å². The van der Waals surface area contributed by atoms with E-state index in [1.165, 1.54) is 4.88 Å². The van der Waals surface area contributed by atoms with Gasteiger partial charge in [-0.25, -0.2) is 0 Å². The van der Waals surface area contributed by atoms with Crippen LogP contribution in [-0.2, 0) is 6.42 Å². The molecular formula is C12H16ClNOS. The molecule has 1 saturated carbocycles. The summed E-state index contributed by atoms with van der Waals surface area (Å²) in [6, 6.07) is 4.07. The van der Waals surface area contributed by atoms with E-state index in [1.54, 1.807) is 11.3 Å². The molecule has 2 unspecified atom stereocenters. The molecule has 1 aliphatic rings. The topological polar surface area (TPSA) is 29.1 Å². The molecule has 1 aromatic rings. The number of thiophene rings is 1. The molecule has 16 heavy (non-hydrogen) atoms. The Morgan fingerprint density at radius 2 is 2.38 bits per heavy atom. The highest BCUT2D eigenvalue weighted by Gasteiger charge is 2.27. The zero-order valence-corrected chi connectivity index (χ0v) is 10.9. The first-order valence-corrected chi connectivity index (χ1v) is 6.99. The summed E-state index contributed by atoms with van der Waals surface area (Å²) >= 11 is 7.70. The third-order valence-corrected chi connectivity index (χ3v) is 4.73. The maximum atomic E-state index is 11.9. The Labute approximate surface area is 105 Å². The molecule has 1 heterocycles. The van der Waals surface area contributed by atoms with Crippen LogP contribution >= 0.6 is 22.9 Å². The first-order chi connectivity index (χ1) is 7.70. The summed E-state index contributed by atoms with van der Waals surface area (Å²) in [5.41, 5.74) is 0. The molecule has 2 nitrogen and oxygen atoms in total. The summed E-state index contributed by atoms with van der Waals surface area (Å²) in [7, 11) is 0. The minimum atomic E-state index is 0.0299. The van der Waals surface area contributed by atoms with E-state index < -0.39 is 0 Å². The van der Waals surface area contributed by atoms with Crippen LogP contribution in [0.3, 0.4) is 0 Å².